The molecule has 7 heteroatoms. The van der Waals surface area contributed by atoms with Crippen LogP contribution >= 0.6 is 0 Å². The number of sulfonamides is 1. The molecule has 0 aliphatic heterocycles. The molecule has 1 N–H and O–H groups in total. The Labute approximate surface area is 154 Å². The highest BCUT2D eigenvalue weighted by Crippen LogP contribution is 2.26. The van der Waals surface area contributed by atoms with Gasteiger partial charge in [0.15, 0.2) is 0 Å². The van der Waals surface area contributed by atoms with Crippen molar-refractivity contribution in [2.75, 3.05) is 0 Å². The van der Waals surface area contributed by atoms with Crippen LogP contribution in [-0.4, -0.2) is 13.3 Å². The summed E-state index contributed by atoms with van der Waals surface area (Å²) in [5, 5.41) is 11.0. The van der Waals surface area contributed by atoms with Gasteiger partial charge in [0.25, 0.3) is 5.69 Å². The van der Waals surface area contributed by atoms with Crippen LogP contribution in [0.2, 0.25) is 0 Å². The normalized spacial score (nSPS) is 13.4. The smallest absolute Gasteiger partial charge is 0.258 e. The SMILES string of the molecule is Cc1ccc(S(=O)(=O)N[C@@H](C)c2ccc(C(C)(C)C)cc2)cc1[N+](=O)[O-]. The first-order valence-corrected chi connectivity index (χ1v) is 9.78. The first-order valence-electron chi connectivity index (χ1n) is 8.29. The predicted molar refractivity (Wildman–Crippen MR) is 102 cm³/mol. The van der Waals surface area contributed by atoms with Crippen LogP contribution in [0.4, 0.5) is 5.69 Å². The van der Waals surface area contributed by atoms with Gasteiger partial charge in [-0.1, -0.05) is 51.1 Å². The molecule has 0 amide bonds. The van der Waals surface area contributed by atoms with Crippen LogP contribution in [0, 0.1) is 17.0 Å². The van der Waals surface area contributed by atoms with Crippen molar-refractivity contribution >= 4 is 15.7 Å². The molecule has 140 valence electrons. The van der Waals surface area contributed by atoms with Crippen LogP contribution in [0.3, 0.4) is 0 Å². The van der Waals surface area contributed by atoms with Crippen molar-refractivity contribution in [2.45, 2.75) is 51.0 Å². The quantitative estimate of drug-likeness (QED) is 0.624. The minimum atomic E-state index is -3.87. The summed E-state index contributed by atoms with van der Waals surface area (Å²) in [6.45, 7) is 9.64. The minimum Gasteiger partial charge on any atom is -0.258 e. The number of aryl methyl sites for hydroxylation is 1. The van der Waals surface area contributed by atoms with Crippen LogP contribution in [0.5, 0.6) is 0 Å². The van der Waals surface area contributed by atoms with Crippen LogP contribution in [0.25, 0.3) is 0 Å². The van der Waals surface area contributed by atoms with Crippen molar-refractivity contribution in [3.8, 4) is 0 Å². The van der Waals surface area contributed by atoms with Crippen molar-refractivity contribution in [2.24, 2.45) is 0 Å². The second kappa shape index (κ2) is 7.17. The Bertz CT molecular complexity index is 914. The van der Waals surface area contributed by atoms with Gasteiger partial charge < -0.3 is 0 Å². The van der Waals surface area contributed by atoms with E-state index in [2.05, 4.69) is 25.5 Å². The molecule has 0 aliphatic carbocycles. The molecule has 0 aromatic heterocycles. The number of nitro benzene ring substituents is 1. The molecule has 1 atom stereocenters. The first-order chi connectivity index (χ1) is 11.9. The number of benzene rings is 2. The van der Waals surface area contributed by atoms with Crippen LogP contribution in [-0.2, 0) is 15.4 Å². The van der Waals surface area contributed by atoms with Gasteiger partial charge in [-0.2, -0.15) is 0 Å². The number of hydrogen-bond donors (Lipinski definition) is 1. The third kappa shape index (κ3) is 4.47. The number of hydrogen-bond acceptors (Lipinski definition) is 4. The van der Waals surface area contributed by atoms with E-state index in [1.54, 1.807) is 13.8 Å². The zero-order valence-electron chi connectivity index (χ0n) is 15.6. The second-order valence-corrected chi connectivity index (χ2v) is 9.13. The highest BCUT2D eigenvalue weighted by atomic mass is 32.2. The van der Waals surface area contributed by atoms with E-state index in [0.717, 1.165) is 17.2 Å². The van der Waals surface area contributed by atoms with Crippen LogP contribution in [0.15, 0.2) is 47.4 Å². The molecular weight excluding hydrogens is 352 g/mol. The average molecular weight is 376 g/mol. The maximum absolute atomic E-state index is 12.6. The summed E-state index contributed by atoms with van der Waals surface area (Å²) < 4.78 is 27.8. The fourth-order valence-corrected chi connectivity index (χ4v) is 3.85. The first kappa shape index (κ1) is 20.1. The Morgan fingerprint density at radius 2 is 1.65 bits per heavy atom. The van der Waals surface area contributed by atoms with E-state index in [1.165, 1.54) is 12.1 Å². The molecule has 26 heavy (non-hydrogen) atoms. The minimum absolute atomic E-state index is 0.0160. The highest BCUT2D eigenvalue weighted by Gasteiger charge is 2.22. The predicted octanol–water partition coefficient (Wildman–Crippen LogP) is 4.24. The lowest BCUT2D eigenvalue weighted by Gasteiger charge is -2.20. The molecule has 0 bridgehead atoms. The van der Waals surface area contributed by atoms with Crippen molar-refractivity contribution in [3.63, 3.8) is 0 Å². The fourth-order valence-electron chi connectivity index (χ4n) is 2.59. The molecule has 0 heterocycles. The summed E-state index contributed by atoms with van der Waals surface area (Å²) in [7, 11) is -3.87. The summed E-state index contributed by atoms with van der Waals surface area (Å²) in [5.41, 5.74) is 2.20. The van der Waals surface area contributed by atoms with E-state index in [0.29, 0.717) is 5.56 Å². The lowest BCUT2D eigenvalue weighted by atomic mass is 9.86. The Morgan fingerprint density at radius 1 is 1.08 bits per heavy atom. The summed E-state index contributed by atoms with van der Waals surface area (Å²) in [6.07, 6.45) is 0. The van der Waals surface area contributed by atoms with E-state index in [9.17, 15) is 18.5 Å². The lowest BCUT2D eigenvalue weighted by Crippen LogP contribution is -2.27. The molecule has 0 unspecified atom stereocenters. The Balaban J connectivity index is 2.26. The average Bonchev–Trinajstić information content (AvgIpc) is 2.53. The topological polar surface area (TPSA) is 89.3 Å². The van der Waals surface area contributed by atoms with Gasteiger partial charge in [-0.15, -0.1) is 0 Å². The van der Waals surface area contributed by atoms with Crippen molar-refractivity contribution in [1.29, 1.82) is 0 Å². The molecule has 2 rings (SSSR count). The molecule has 0 spiro atoms. The third-order valence-electron chi connectivity index (χ3n) is 4.30. The fraction of sp³-hybridized carbons (Fsp3) is 0.368. The Kier molecular flexibility index (Phi) is 5.53. The lowest BCUT2D eigenvalue weighted by molar-refractivity contribution is -0.385. The summed E-state index contributed by atoms with van der Waals surface area (Å²) in [6, 6.07) is 11.2. The van der Waals surface area contributed by atoms with Gasteiger partial charge in [0, 0.05) is 17.7 Å². The zero-order valence-corrected chi connectivity index (χ0v) is 16.4. The molecule has 0 fully saturated rings. The summed E-state index contributed by atoms with van der Waals surface area (Å²) in [5.74, 6) is 0. The van der Waals surface area contributed by atoms with E-state index >= 15 is 0 Å². The maximum Gasteiger partial charge on any atom is 0.273 e. The number of nitro groups is 1. The molecule has 6 nitrogen and oxygen atoms in total. The van der Waals surface area contributed by atoms with Crippen LogP contribution in [0.1, 0.15) is 50.4 Å². The molecule has 0 radical (unpaired) electrons. The van der Waals surface area contributed by atoms with E-state index < -0.39 is 21.0 Å². The third-order valence-corrected chi connectivity index (χ3v) is 5.83. The number of nitrogens with zero attached hydrogens (tertiary/aromatic N) is 1. The van der Waals surface area contributed by atoms with Gasteiger partial charge >= 0.3 is 0 Å². The Morgan fingerprint density at radius 3 is 2.15 bits per heavy atom. The summed E-state index contributed by atoms with van der Waals surface area (Å²) in [4.78, 5) is 10.3. The van der Waals surface area contributed by atoms with Gasteiger partial charge in [0.05, 0.1) is 9.82 Å². The largest absolute Gasteiger partial charge is 0.273 e. The molecule has 0 aliphatic rings. The standard InChI is InChI=1S/C19H24N2O4S/c1-13-6-11-17(12-18(13)21(22)23)26(24,25)20-14(2)15-7-9-16(10-8-15)19(3,4)5/h6-12,14,20H,1-5H3/t14-/m0/s1. The monoisotopic (exact) mass is 376 g/mol. The van der Waals surface area contributed by atoms with Crippen LogP contribution < -0.4 is 4.72 Å². The van der Waals surface area contributed by atoms with Gasteiger partial charge in [-0.3, -0.25) is 10.1 Å². The maximum atomic E-state index is 12.6. The highest BCUT2D eigenvalue weighted by molar-refractivity contribution is 7.89. The molecule has 2 aromatic carbocycles. The van der Waals surface area contributed by atoms with E-state index in [1.807, 2.05) is 24.3 Å². The summed E-state index contributed by atoms with van der Waals surface area (Å²) >= 11 is 0. The molecular formula is C19H24N2O4S. The van der Waals surface area contributed by atoms with Crippen molar-refractivity contribution in [1.82, 2.24) is 4.72 Å². The van der Waals surface area contributed by atoms with Gasteiger partial charge in [0.2, 0.25) is 10.0 Å². The zero-order chi connectivity index (χ0) is 19.7. The Hall–Kier alpha value is -2.25. The second-order valence-electron chi connectivity index (χ2n) is 7.42. The molecule has 0 saturated carbocycles. The van der Waals surface area contributed by atoms with E-state index in [-0.39, 0.29) is 16.0 Å². The molecule has 0 saturated heterocycles. The van der Waals surface area contributed by atoms with E-state index in [4.69, 9.17) is 0 Å². The van der Waals surface area contributed by atoms with Gasteiger partial charge in [0.1, 0.15) is 0 Å². The number of rotatable bonds is 5. The van der Waals surface area contributed by atoms with Crippen molar-refractivity contribution in [3.05, 3.63) is 69.3 Å². The van der Waals surface area contributed by atoms with Gasteiger partial charge in [-0.05, 0) is 36.5 Å². The molecule has 2 aromatic rings. The number of nitrogens with one attached hydrogen (secondary N) is 1. The van der Waals surface area contributed by atoms with Gasteiger partial charge in [-0.25, -0.2) is 13.1 Å². The van der Waals surface area contributed by atoms with Crippen molar-refractivity contribution < 1.29 is 13.3 Å².